The van der Waals surface area contributed by atoms with E-state index in [1.807, 2.05) is 4.90 Å². The number of nitro groups is 1. The van der Waals surface area contributed by atoms with Crippen molar-refractivity contribution in [3.63, 3.8) is 0 Å². The van der Waals surface area contributed by atoms with Crippen LogP contribution in [0.5, 0.6) is 0 Å². The first-order chi connectivity index (χ1) is 9.06. The zero-order valence-electron chi connectivity index (χ0n) is 10.2. The second kappa shape index (κ2) is 4.29. The molecule has 1 aromatic carbocycles. The first kappa shape index (κ1) is 12.1. The van der Waals surface area contributed by atoms with E-state index in [0.717, 1.165) is 12.8 Å². The number of rotatable bonds is 2. The molecule has 2 aliphatic rings. The minimum atomic E-state index is -0.821. The summed E-state index contributed by atoms with van der Waals surface area (Å²) in [5.41, 5.74) is 0.132. The summed E-state index contributed by atoms with van der Waals surface area (Å²) < 4.78 is 13.7. The van der Waals surface area contributed by atoms with Crippen molar-refractivity contribution in [3.8, 4) is 0 Å². The Morgan fingerprint density at radius 2 is 1.89 bits per heavy atom. The zero-order chi connectivity index (χ0) is 13.6. The highest BCUT2D eigenvalue weighted by molar-refractivity contribution is 5.83. The van der Waals surface area contributed by atoms with Crippen LogP contribution < -0.4 is 4.90 Å². The minimum absolute atomic E-state index is 0.118. The van der Waals surface area contributed by atoms with Gasteiger partial charge in [-0.3, -0.25) is 14.9 Å². The summed E-state index contributed by atoms with van der Waals surface area (Å²) in [4.78, 5) is 23.4. The van der Waals surface area contributed by atoms with E-state index in [1.54, 1.807) is 6.07 Å². The fraction of sp³-hybridized carbons (Fsp3) is 0.462. The maximum absolute atomic E-state index is 13.7. The smallest absolute Gasteiger partial charge is 0.304 e. The Morgan fingerprint density at radius 1 is 1.26 bits per heavy atom. The number of carbonyl (C=O) groups excluding carboxylic acids is 1. The summed E-state index contributed by atoms with van der Waals surface area (Å²) in [6, 6.07) is 4.21. The summed E-state index contributed by atoms with van der Waals surface area (Å²) >= 11 is 0. The molecule has 19 heavy (non-hydrogen) atoms. The molecule has 2 unspecified atom stereocenters. The number of carbonyl (C=O) groups is 1. The number of piperidine rings is 1. The van der Waals surface area contributed by atoms with E-state index < -0.39 is 16.4 Å². The Bertz CT molecular complexity index is 545. The molecule has 5 nitrogen and oxygen atoms in total. The van der Waals surface area contributed by atoms with Gasteiger partial charge < -0.3 is 4.90 Å². The van der Waals surface area contributed by atoms with Crippen molar-refractivity contribution in [1.82, 2.24) is 0 Å². The minimum Gasteiger partial charge on any atom is -0.365 e. The number of benzene rings is 1. The molecule has 0 aliphatic carbocycles. The average molecular weight is 264 g/mol. The molecule has 6 heteroatoms. The first-order valence-electron chi connectivity index (χ1n) is 6.30. The largest absolute Gasteiger partial charge is 0.365 e. The van der Waals surface area contributed by atoms with Gasteiger partial charge in [0.05, 0.1) is 4.92 Å². The van der Waals surface area contributed by atoms with Crippen molar-refractivity contribution in [3.05, 3.63) is 34.1 Å². The van der Waals surface area contributed by atoms with Gasteiger partial charge >= 0.3 is 5.69 Å². The van der Waals surface area contributed by atoms with Crippen LogP contribution in [0, 0.1) is 15.9 Å². The number of fused-ring (bicyclic) bond motifs is 2. The summed E-state index contributed by atoms with van der Waals surface area (Å²) in [6.45, 7) is 0. The molecule has 0 spiro atoms. The van der Waals surface area contributed by atoms with E-state index in [2.05, 4.69) is 0 Å². The first-order valence-corrected chi connectivity index (χ1v) is 6.30. The third-order valence-electron chi connectivity index (χ3n) is 3.97. The molecule has 3 rings (SSSR count). The van der Waals surface area contributed by atoms with Gasteiger partial charge in [0.1, 0.15) is 5.78 Å². The van der Waals surface area contributed by atoms with Crippen molar-refractivity contribution in [2.45, 2.75) is 37.8 Å². The predicted molar refractivity (Wildman–Crippen MR) is 66.6 cm³/mol. The fourth-order valence-corrected chi connectivity index (χ4v) is 3.20. The Hall–Kier alpha value is -1.98. The molecule has 2 saturated heterocycles. The maximum atomic E-state index is 13.7. The molecule has 0 radical (unpaired) electrons. The topological polar surface area (TPSA) is 63.5 Å². The summed E-state index contributed by atoms with van der Waals surface area (Å²) in [5.74, 6) is -0.565. The van der Waals surface area contributed by atoms with Crippen LogP contribution in [-0.4, -0.2) is 22.8 Å². The average Bonchev–Trinajstić information content (AvgIpc) is 2.61. The van der Waals surface area contributed by atoms with Gasteiger partial charge in [-0.2, -0.15) is 4.39 Å². The molecule has 2 fully saturated rings. The van der Waals surface area contributed by atoms with Crippen LogP contribution in [0.25, 0.3) is 0 Å². The van der Waals surface area contributed by atoms with Crippen LogP contribution in [0.3, 0.4) is 0 Å². The Balaban J connectivity index is 1.93. The number of nitrogens with zero attached hydrogens (tertiary/aromatic N) is 2. The van der Waals surface area contributed by atoms with Gasteiger partial charge in [-0.05, 0) is 18.9 Å². The highest BCUT2D eigenvalue weighted by Crippen LogP contribution is 2.38. The summed E-state index contributed by atoms with van der Waals surface area (Å²) in [6.07, 6.45) is 2.84. The lowest BCUT2D eigenvalue weighted by molar-refractivity contribution is -0.387. The Morgan fingerprint density at radius 3 is 2.42 bits per heavy atom. The molecule has 0 amide bonds. The number of anilines is 1. The number of Topliss-reactive ketones (excluding diaryl/α,β-unsaturated/α-hetero) is 1. The van der Waals surface area contributed by atoms with Crippen molar-refractivity contribution in [2.75, 3.05) is 4.90 Å². The van der Waals surface area contributed by atoms with E-state index in [9.17, 15) is 19.3 Å². The second-order valence-electron chi connectivity index (χ2n) is 5.13. The van der Waals surface area contributed by atoms with Crippen molar-refractivity contribution in [1.29, 1.82) is 0 Å². The zero-order valence-corrected chi connectivity index (χ0v) is 10.2. The number of ketones is 1. The molecule has 100 valence electrons. The highest BCUT2D eigenvalue weighted by Gasteiger charge is 2.40. The summed E-state index contributed by atoms with van der Waals surface area (Å²) in [5, 5.41) is 10.6. The normalized spacial score (nSPS) is 25.7. The van der Waals surface area contributed by atoms with E-state index in [4.69, 9.17) is 0 Å². The van der Waals surface area contributed by atoms with E-state index in [-0.39, 0.29) is 17.9 Å². The lowest BCUT2D eigenvalue weighted by Gasteiger charge is -2.36. The second-order valence-corrected chi connectivity index (χ2v) is 5.13. The lowest BCUT2D eigenvalue weighted by atomic mass is 10.0. The van der Waals surface area contributed by atoms with Gasteiger partial charge in [0.25, 0.3) is 0 Å². The number of hydrogen-bond acceptors (Lipinski definition) is 4. The van der Waals surface area contributed by atoms with Gasteiger partial charge in [0.15, 0.2) is 0 Å². The van der Waals surface area contributed by atoms with Crippen LogP contribution in [0.4, 0.5) is 15.8 Å². The molecular weight excluding hydrogens is 251 g/mol. The lowest BCUT2D eigenvalue weighted by Crippen LogP contribution is -2.43. The van der Waals surface area contributed by atoms with Gasteiger partial charge in [-0.1, -0.05) is 0 Å². The molecule has 2 heterocycles. The Kier molecular flexibility index (Phi) is 2.73. The van der Waals surface area contributed by atoms with E-state index in [0.29, 0.717) is 18.5 Å². The van der Waals surface area contributed by atoms with Gasteiger partial charge in [-0.15, -0.1) is 0 Å². The SMILES string of the molecule is O=C1CC2CCC(C1)N2c1ccc([N+](=O)[O-])c(F)c1. The molecule has 1 aromatic rings. The molecule has 0 saturated carbocycles. The number of nitro benzene ring substituents is 1. The molecule has 0 aromatic heterocycles. The molecular formula is C13H13FN2O3. The Labute approximate surface area is 109 Å². The molecule has 0 N–H and O–H groups in total. The van der Waals surface area contributed by atoms with Crippen molar-refractivity contribution in [2.24, 2.45) is 0 Å². The highest BCUT2D eigenvalue weighted by atomic mass is 19.1. The third kappa shape index (κ3) is 1.97. The fourth-order valence-electron chi connectivity index (χ4n) is 3.20. The van der Waals surface area contributed by atoms with Gasteiger partial charge in [0, 0.05) is 42.7 Å². The molecule has 2 atom stereocenters. The van der Waals surface area contributed by atoms with Gasteiger partial charge in [-0.25, -0.2) is 0 Å². The van der Waals surface area contributed by atoms with Crippen LogP contribution in [0.2, 0.25) is 0 Å². The van der Waals surface area contributed by atoms with Crippen LogP contribution in [-0.2, 0) is 4.79 Å². The summed E-state index contributed by atoms with van der Waals surface area (Å²) in [7, 11) is 0. The van der Waals surface area contributed by atoms with Crippen molar-refractivity contribution >= 4 is 17.2 Å². The quantitative estimate of drug-likeness (QED) is 0.608. The molecule has 2 aliphatic heterocycles. The predicted octanol–water partition coefficient (Wildman–Crippen LogP) is 2.43. The van der Waals surface area contributed by atoms with E-state index >= 15 is 0 Å². The third-order valence-corrected chi connectivity index (χ3v) is 3.97. The number of halogens is 1. The van der Waals surface area contributed by atoms with Gasteiger partial charge in [0.2, 0.25) is 5.82 Å². The van der Waals surface area contributed by atoms with Crippen molar-refractivity contribution < 1.29 is 14.1 Å². The van der Waals surface area contributed by atoms with Crippen LogP contribution in [0.15, 0.2) is 18.2 Å². The maximum Gasteiger partial charge on any atom is 0.304 e. The number of hydrogen-bond donors (Lipinski definition) is 0. The monoisotopic (exact) mass is 264 g/mol. The van der Waals surface area contributed by atoms with E-state index in [1.165, 1.54) is 12.1 Å². The van der Waals surface area contributed by atoms with Crippen LogP contribution >= 0.6 is 0 Å². The standard InChI is InChI=1S/C13H13FN2O3/c14-12-7-10(3-4-13(12)16(18)19)15-8-1-2-9(15)6-11(17)5-8/h3-4,7-9H,1-2,5-6H2. The van der Waals surface area contributed by atoms with Crippen LogP contribution in [0.1, 0.15) is 25.7 Å². The molecule has 2 bridgehead atoms.